The summed E-state index contributed by atoms with van der Waals surface area (Å²) in [6, 6.07) is 16.5. The SMILES string of the molecule is CC1(C)OB(C(=Cc2cnc(-n3ccnc3)nc2)CNC(=O)OCC2c3ccccc3-c3ccccc32)OC1(C)C. The Balaban J connectivity index is 1.17. The minimum atomic E-state index is -0.665. The van der Waals surface area contributed by atoms with Crippen molar-refractivity contribution in [2.24, 2.45) is 0 Å². The molecule has 0 spiro atoms. The van der Waals surface area contributed by atoms with Crippen LogP contribution in [0.1, 0.15) is 50.3 Å². The molecule has 10 heteroatoms. The second-order valence-corrected chi connectivity index (χ2v) is 11.3. The smallest absolute Gasteiger partial charge is 0.449 e. The highest BCUT2D eigenvalue weighted by Gasteiger charge is 2.52. The van der Waals surface area contributed by atoms with E-state index in [2.05, 4.69) is 44.5 Å². The first-order chi connectivity index (χ1) is 19.7. The van der Waals surface area contributed by atoms with E-state index in [-0.39, 0.29) is 19.1 Å². The van der Waals surface area contributed by atoms with Crippen LogP contribution in [-0.2, 0) is 14.0 Å². The summed E-state index contributed by atoms with van der Waals surface area (Å²) in [6.07, 6.45) is 9.87. The third-order valence-corrected chi connectivity index (χ3v) is 8.08. The fraction of sp³-hybridized carbons (Fsp3) is 0.290. The number of amides is 1. The highest BCUT2D eigenvalue weighted by Crippen LogP contribution is 2.44. The van der Waals surface area contributed by atoms with Crippen LogP contribution in [0.2, 0.25) is 0 Å². The number of hydrogen-bond acceptors (Lipinski definition) is 7. The van der Waals surface area contributed by atoms with Gasteiger partial charge in [-0.25, -0.2) is 19.7 Å². The number of alkyl carbamates (subject to hydrolysis) is 1. The molecule has 41 heavy (non-hydrogen) atoms. The topological polar surface area (TPSA) is 100 Å². The highest BCUT2D eigenvalue weighted by molar-refractivity contribution is 6.56. The van der Waals surface area contributed by atoms with E-state index in [0.717, 1.165) is 11.0 Å². The normalized spacial score (nSPS) is 17.3. The molecule has 1 fully saturated rings. The molecule has 2 aromatic carbocycles. The number of aromatic nitrogens is 4. The molecule has 0 bridgehead atoms. The van der Waals surface area contributed by atoms with Crippen molar-refractivity contribution in [2.45, 2.75) is 44.8 Å². The van der Waals surface area contributed by atoms with Gasteiger partial charge in [-0.1, -0.05) is 54.6 Å². The number of carbonyl (C=O) groups excluding carboxylic acids is 1. The molecule has 208 valence electrons. The van der Waals surface area contributed by atoms with Gasteiger partial charge in [0.1, 0.15) is 12.9 Å². The predicted molar refractivity (Wildman–Crippen MR) is 156 cm³/mol. The van der Waals surface area contributed by atoms with Gasteiger partial charge in [-0.05, 0) is 55.4 Å². The van der Waals surface area contributed by atoms with E-state index >= 15 is 0 Å². The molecular weight excluding hydrogens is 517 g/mol. The number of fused-ring (bicyclic) bond motifs is 3. The van der Waals surface area contributed by atoms with Crippen molar-refractivity contribution < 1.29 is 18.8 Å². The molecule has 3 heterocycles. The zero-order chi connectivity index (χ0) is 28.6. The van der Waals surface area contributed by atoms with Crippen LogP contribution >= 0.6 is 0 Å². The van der Waals surface area contributed by atoms with Crippen molar-refractivity contribution in [3.8, 4) is 17.1 Å². The largest absolute Gasteiger partial charge is 0.492 e. The molecule has 1 aliphatic carbocycles. The van der Waals surface area contributed by atoms with Crippen molar-refractivity contribution in [1.82, 2.24) is 24.8 Å². The van der Waals surface area contributed by atoms with Crippen molar-refractivity contribution in [3.63, 3.8) is 0 Å². The Kier molecular flexibility index (Phi) is 6.97. The van der Waals surface area contributed by atoms with Gasteiger partial charge < -0.3 is 19.4 Å². The minimum absolute atomic E-state index is 0.0163. The monoisotopic (exact) mass is 549 g/mol. The number of benzene rings is 2. The first-order valence-electron chi connectivity index (χ1n) is 13.7. The van der Waals surface area contributed by atoms with Crippen molar-refractivity contribution in [1.29, 1.82) is 0 Å². The maximum absolute atomic E-state index is 13.0. The van der Waals surface area contributed by atoms with E-state index < -0.39 is 24.4 Å². The van der Waals surface area contributed by atoms with E-state index in [0.29, 0.717) is 5.95 Å². The van der Waals surface area contributed by atoms with E-state index in [9.17, 15) is 4.79 Å². The Morgan fingerprint density at radius 1 is 1.00 bits per heavy atom. The number of hydrogen-bond donors (Lipinski definition) is 1. The van der Waals surface area contributed by atoms with Crippen LogP contribution in [-0.4, -0.2) is 57.1 Å². The lowest BCUT2D eigenvalue weighted by Gasteiger charge is -2.32. The standard InChI is InChI=1S/C31H32BN5O4/c1-30(2)31(3,4)41-32(40-30)22(15-21-16-34-28(35-17-21)37-14-13-33-20-37)18-36-29(38)39-19-27-25-11-7-5-9-23(25)24-10-6-8-12-26(24)27/h5-17,20,27H,18-19H2,1-4H3,(H,36,38). The Morgan fingerprint density at radius 3 is 2.20 bits per heavy atom. The molecule has 0 atom stereocenters. The second-order valence-electron chi connectivity index (χ2n) is 11.3. The Hall–Kier alpha value is -4.28. The minimum Gasteiger partial charge on any atom is -0.449 e. The number of carbonyl (C=O) groups is 1. The fourth-order valence-corrected chi connectivity index (χ4v) is 5.15. The molecule has 2 aliphatic rings. The number of nitrogens with zero attached hydrogens (tertiary/aromatic N) is 4. The maximum Gasteiger partial charge on any atom is 0.492 e. The van der Waals surface area contributed by atoms with Gasteiger partial charge in [0, 0.05) is 42.8 Å². The summed E-state index contributed by atoms with van der Waals surface area (Å²) in [6.45, 7) is 8.37. The Labute approximate surface area is 239 Å². The van der Waals surface area contributed by atoms with Crippen LogP contribution in [0.5, 0.6) is 0 Å². The molecular formula is C31H32BN5O4. The first-order valence-corrected chi connectivity index (χ1v) is 13.7. The van der Waals surface area contributed by atoms with Crippen LogP contribution in [0.15, 0.2) is 85.1 Å². The lowest BCUT2D eigenvalue weighted by atomic mass is 9.77. The summed E-state index contributed by atoms with van der Waals surface area (Å²) < 4.78 is 20.1. The number of rotatable bonds is 7. The van der Waals surface area contributed by atoms with Gasteiger partial charge in [0.15, 0.2) is 0 Å². The van der Waals surface area contributed by atoms with E-state index in [1.165, 1.54) is 22.3 Å². The summed E-state index contributed by atoms with van der Waals surface area (Å²) in [5, 5.41) is 2.90. The number of ether oxygens (including phenoxy) is 1. The third-order valence-electron chi connectivity index (χ3n) is 8.08. The lowest BCUT2D eigenvalue weighted by Crippen LogP contribution is -2.41. The zero-order valence-electron chi connectivity index (χ0n) is 23.6. The molecule has 1 N–H and O–H groups in total. The molecule has 1 saturated heterocycles. The summed E-state index contributed by atoms with van der Waals surface area (Å²) >= 11 is 0. The fourth-order valence-electron chi connectivity index (χ4n) is 5.15. The summed E-state index contributed by atoms with van der Waals surface area (Å²) in [5.74, 6) is 0.492. The number of imidazole rings is 1. The van der Waals surface area contributed by atoms with Gasteiger partial charge in [0.2, 0.25) is 5.95 Å². The van der Waals surface area contributed by atoms with E-state index in [1.54, 1.807) is 35.7 Å². The predicted octanol–water partition coefficient (Wildman–Crippen LogP) is 5.22. The van der Waals surface area contributed by atoms with Gasteiger partial charge >= 0.3 is 13.2 Å². The molecule has 1 amide bonds. The average molecular weight is 549 g/mol. The van der Waals surface area contributed by atoms with Gasteiger partial charge in [0.25, 0.3) is 0 Å². The quantitative estimate of drug-likeness (QED) is 0.316. The summed E-state index contributed by atoms with van der Waals surface area (Å²) in [7, 11) is -0.665. The second kappa shape index (κ2) is 10.6. The van der Waals surface area contributed by atoms with Gasteiger partial charge in [0.05, 0.1) is 11.2 Å². The molecule has 2 aromatic heterocycles. The lowest BCUT2D eigenvalue weighted by molar-refractivity contribution is 0.00578. The van der Waals surface area contributed by atoms with Crippen LogP contribution in [0, 0.1) is 0 Å². The van der Waals surface area contributed by atoms with Crippen LogP contribution in [0.3, 0.4) is 0 Å². The van der Waals surface area contributed by atoms with Crippen molar-refractivity contribution >= 4 is 19.3 Å². The van der Waals surface area contributed by atoms with Crippen LogP contribution < -0.4 is 5.32 Å². The first kappa shape index (κ1) is 26.9. The molecule has 4 aromatic rings. The molecule has 0 unspecified atom stereocenters. The molecule has 9 nitrogen and oxygen atoms in total. The molecule has 0 radical (unpaired) electrons. The summed E-state index contributed by atoms with van der Waals surface area (Å²) in [4.78, 5) is 25.9. The molecule has 0 saturated carbocycles. The molecule has 1 aliphatic heterocycles. The van der Waals surface area contributed by atoms with Gasteiger partial charge in [-0.15, -0.1) is 0 Å². The zero-order valence-corrected chi connectivity index (χ0v) is 23.6. The van der Waals surface area contributed by atoms with Crippen molar-refractivity contribution in [2.75, 3.05) is 13.2 Å². The Morgan fingerprint density at radius 2 is 1.61 bits per heavy atom. The van der Waals surface area contributed by atoms with Gasteiger partial charge in [-0.2, -0.15) is 0 Å². The third kappa shape index (κ3) is 5.28. The van der Waals surface area contributed by atoms with Crippen molar-refractivity contribution in [3.05, 3.63) is 102 Å². The highest BCUT2D eigenvalue weighted by atomic mass is 16.7. The summed E-state index contributed by atoms with van der Waals surface area (Å²) in [5.41, 5.74) is 5.08. The Bertz CT molecular complexity index is 1520. The average Bonchev–Trinajstić information content (AvgIpc) is 3.66. The molecule has 6 rings (SSSR count). The van der Waals surface area contributed by atoms with Crippen LogP contribution in [0.4, 0.5) is 4.79 Å². The number of nitrogens with one attached hydrogen (secondary N) is 1. The van der Waals surface area contributed by atoms with Crippen LogP contribution in [0.25, 0.3) is 23.2 Å². The van der Waals surface area contributed by atoms with Gasteiger partial charge in [-0.3, -0.25) is 4.57 Å². The maximum atomic E-state index is 13.0. The van der Waals surface area contributed by atoms with E-state index in [4.69, 9.17) is 14.0 Å². The van der Waals surface area contributed by atoms with E-state index in [1.807, 2.05) is 58.0 Å².